The summed E-state index contributed by atoms with van der Waals surface area (Å²) in [5.74, 6) is -1.22. The maximum absolute atomic E-state index is 13.1. The molecule has 170 valence electrons. The predicted molar refractivity (Wildman–Crippen MR) is 125 cm³/mol. The van der Waals surface area contributed by atoms with Gasteiger partial charge in [0, 0.05) is 48.2 Å². The summed E-state index contributed by atoms with van der Waals surface area (Å²) in [5, 5.41) is 9.78. The second-order valence-corrected chi connectivity index (χ2v) is 8.74. The van der Waals surface area contributed by atoms with Crippen LogP contribution in [0.1, 0.15) is 60.4 Å². The largest absolute Gasteiger partial charge is 0.477 e. The van der Waals surface area contributed by atoms with Crippen LogP contribution in [0.25, 0.3) is 10.9 Å². The molecule has 32 heavy (non-hydrogen) atoms. The number of allylic oxidation sites excluding steroid dienone is 2. The van der Waals surface area contributed by atoms with E-state index >= 15 is 0 Å². The van der Waals surface area contributed by atoms with E-state index in [1.807, 2.05) is 20.8 Å². The molecule has 1 aromatic heterocycles. The van der Waals surface area contributed by atoms with Gasteiger partial charge in [-0.3, -0.25) is 14.6 Å². The summed E-state index contributed by atoms with van der Waals surface area (Å²) < 4.78 is 1.78. The Morgan fingerprint density at radius 3 is 2.44 bits per heavy atom. The summed E-state index contributed by atoms with van der Waals surface area (Å²) >= 11 is 0. The van der Waals surface area contributed by atoms with Crippen LogP contribution in [0.15, 0.2) is 39.9 Å². The first-order valence-electron chi connectivity index (χ1n) is 10.8. The minimum absolute atomic E-state index is 0.165. The van der Waals surface area contributed by atoms with Crippen molar-refractivity contribution in [3.63, 3.8) is 0 Å². The Kier molecular flexibility index (Phi) is 6.81. The van der Waals surface area contributed by atoms with E-state index in [4.69, 9.17) is 5.73 Å². The number of nitrogens with two attached hydrogens (primary N) is 1. The number of carbonyl (C=O) groups is 2. The first-order chi connectivity index (χ1) is 15.1. The smallest absolute Gasteiger partial charge is 0.341 e. The molecule has 2 heterocycles. The van der Waals surface area contributed by atoms with Crippen molar-refractivity contribution >= 4 is 28.5 Å². The molecule has 8 heteroatoms. The molecule has 3 N–H and O–H groups in total. The molecule has 2 aromatic rings. The van der Waals surface area contributed by atoms with E-state index in [-0.39, 0.29) is 29.3 Å². The highest BCUT2D eigenvalue weighted by atomic mass is 16.4. The molecule has 8 nitrogen and oxygen atoms in total. The summed E-state index contributed by atoms with van der Waals surface area (Å²) in [4.78, 5) is 44.1. The molecule has 3 rings (SSSR count). The van der Waals surface area contributed by atoms with Crippen LogP contribution >= 0.6 is 0 Å². The molecule has 1 fully saturated rings. The van der Waals surface area contributed by atoms with Crippen LogP contribution in [-0.4, -0.2) is 45.3 Å². The van der Waals surface area contributed by atoms with Crippen molar-refractivity contribution < 1.29 is 14.7 Å². The molecule has 1 amide bonds. The third-order valence-corrected chi connectivity index (χ3v) is 5.41. The molecule has 1 aromatic carbocycles. The fourth-order valence-electron chi connectivity index (χ4n) is 3.78. The van der Waals surface area contributed by atoms with E-state index in [2.05, 4.69) is 4.99 Å². The lowest BCUT2D eigenvalue weighted by atomic mass is 9.99. The standard InChI is InChI=1S/C24H30N4O4/c1-14(2)12-28-13-20(24(31)32)22(29)19-10-18(23(30)27-6-5-7-27)17(9-21(19)28)11-26-16(4)8-15(3)25/h8-10,13-14H,5-7,11-12,25H2,1-4H3,(H,31,32). The normalized spacial score (nSPS) is 14.7. The third kappa shape index (κ3) is 4.90. The number of carbonyl (C=O) groups excluding carboxylic acids is 1. The molecule has 0 radical (unpaired) electrons. The Labute approximate surface area is 187 Å². The maximum atomic E-state index is 13.1. The number of hydrogen-bond acceptors (Lipinski definition) is 5. The average Bonchev–Trinajstić information content (AvgIpc) is 2.65. The summed E-state index contributed by atoms with van der Waals surface area (Å²) in [6.07, 6.45) is 4.09. The highest BCUT2D eigenvalue weighted by molar-refractivity contribution is 6.01. The monoisotopic (exact) mass is 438 g/mol. The Hall–Kier alpha value is -3.42. The van der Waals surface area contributed by atoms with E-state index in [9.17, 15) is 19.5 Å². The van der Waals surface area contributed by atoms with Gasteiger partial charge < -0.3 is 20.3 Å². The molecule has 0 atom stereocenters. The van der Waals surface area contributed by atoms with Gasteiger partial charge in [0.25, 0.3) is 5.91 Å². The number of carboxylic acid groups (broad SMARTS) is 1. The van der Waals surface area contributed by atoms with Crippen molar-refractivity contribution in [3.05, 3.63) is 57.0 Å². The molecule has 0 unspecified atom stereocenters. The number of carboxylic acids is 1. The molecule has 1 aliphatic rings. The molecular formula is C24H30N4O4. The van der Waals surface area contributed by atoms with Crippen molar-refractivity contribution in [2.24, 2.45) is 16.6 Å². The van der Waals surface area contributed by atoms with Gasteiger partial charge in [0.05, 0.1) is 12.1 Å². The lowest BCUT2D eigenvalue weighted by molar-refractivity contribution is 0.0649. The Morgan fingerprint density at radius 1 is 1.22 bits per heavy atom. The number of nitrogens with zero attached hydrogens (tertiary/aromatic N) is 3. The first-order valence-corrected chi connectivity index (χ1v) is 10.8. The number of likely N-dealkylation sites (tertiary alicyclic amines) is 1. The first kappa shape index (κ1) is 23.2. The SMILES string of the molecule is CC(N)=CC(C)=NCc1cc2c(cc1C(=O)N1CCC1)c(=O)c(C(=O)O)cn2CC(C)C. The van der Waals surface area contributed by atoms with Gasteiger partial charge in [-0.15, -0.1) is 0 Å². The van der Waals surface area contributed by atoms with Crippen molar-refractivity contribution in [2.45, 2.75) is 47.2 Å². The Morgan fingerprint density at radius 2 is 1.91 bits per heavy atom. The second-order valence-electron chi connectivity index (χ2n) is 8.74. The second kappa shape index (κ2) is 9.38. The Bertz CT molecular complexity index is 1180. The van der Waals surface area contributed by atoms with Crippen molar-refractivity contribution in [1.29, 1.82) is 0 Å². The van der Waals surface area contributed by atoms with Crippen LogP contribution in [0.5, 0.6) is 0 Å². The van der Waals surface area contributed by atoms with Gasteiger partial charge in [0.2, 0.25) is 5.43 Å². The van der Waals surface area contributed by atoms with Crippen LogP contribution in [0.4, 0.5) is 0 Å². The lowest BCUT2D eigenvalue weighted by Gasteiger charge is -2.31. The van der Waals surface area contributed by atoms with Crippen LogP contribution < -0.4 is 11.2 Å². The quantitative estimate of drug-likeness (QED) is 0.644. The van der Waals surface area contributed by atoms with Crippen LogP contribution in [0.3, 0.4) is 0 Å². The number of aromatic nitrogens is 1. The van der Waals surface area contributed by atoms with Crippen LogP contribution in [-0.2, 0) is 13.1 Å². The number of fused-ring (bicyclic) bond motifs is 1. The highest BCUT2D eigenvalue weighted by Crippen LogP contribution is 2.24. The fourth-order valence-corrected chi connectivity index (χ4v) is 3.78. The van der Waals surface area contributed by atoms with Crippen molar-refractivity contribution in [2.75, 3.05) is 13.1 Å². The number of aliphatic imine (C=N–C) groups is 1. The Balaban J connectivity index is 2.25. The van der Waals surface area contributed by atoms with E-state index in [0.29, 0.717) is 42.0 Å². The number of amides is 1. The fraction of sp³-hybridized carbons (Fsp3) is 0.417. The average molecular weight is 439 g/mol. The zero-order valence-corrected chi connectivity index (χ0v) is 19.0. The summed E-state index contributed by atoms with van der Waals surface area (Å²) in [6, 6.07) is 3.35. The van der Waals surface area contributed by atoms with Crippen molar-refractivity contribution in [3.8, 4) is 0 Å². The zero-order valence-electron chi connectivity index (χ0n) is 19.0. The summed E-state index contributed by atoms with van der Waals surface area (Å²) in [7, 11) is 0. The number of pyridine rings is 1. The minimum Gasteiger partial charge on any atom is -0.477 e. The van der Waals surface area contributed by atoms with Gasteiger partial charge in [-0.1, -0.05) is 13.8 Å². The van der Waals surface area contributed by atoms with Gasteiger partial charge in [0.15, 0.2) is 0 Å². The van der Waals surface area contributed by atoms with Gasteiger partial charge in [-0.2, -0.15) is 0 Å². The number of hydrogen-bond donors (Lipinski definition) is 2. The van der Waals surface area contributed by atoms with Gasteiger partial charge in [-0.05, 0) is 50.0 Å². The molecule has 1 aliphatic heterocycles. The number of aromatic carboxylic acids is 1. The van der Waals surface area contributed by atoms with Crippen molar-refractivity contribution in [1.82, 2.24) is 9.47 Å². The van der Waals surface area contributed by atoms with E-state index < -0.39 is 11.4 Å². The highest BCUT2D eigenvalue weighted by Gasteiger charge is 2.25. The maximum Gasteiger partial charge on any atom is 0.341 e. The van der Waals surface area contributed by atoms with Crippen LogP contribution in [0.2, 0.25) is 0 Å². The van der Waals surface area contributed by atoms with Gasteiger partial charge >= 0.3 is 5.97 Å². The van der Waals surface area contributed by atoms with E-state index in [0.717, 1.165) is 12.1 Å². The molecule has 0 bridgehead atoms. The summed E-state index contributed by atoms with van der Waals surface area (Å²) in [5.41, 5.74) is 7.89. The summed E-state index contributed by atoms with van der Waals surface area (Å²) in [6.45, 7) is 9.76. The topological polar surface area (TPSA) is 118 Å². The van der Waals surface area contributed by atoms with E-state index in [1.54, 1.807) is 34.6 Å². The lowest BCUT2D eigenvalue weighted by Crippen LogP contribution is -2.42. The van der Waals surface area contributed by atoms with Gasteiger partial charge in [0.1, 0.15) is 5.56 Å². The molecule has 0 spiro atoms. The van der Waals surface area contributed by atoms with Gasteiger partial charge in [-0.25, -0.2) is 4.79 Å². The molecule has 1 saturated heterocycles. The number of rotatable bonds is 7. The zero-order chi connectivity index (χ0) is 23.6. The molecule has 0 aliphatic carbocycles. The van der Waals surface area contributed by atoms with E-state index in [1.165, 1.54) is 6.20 Å². The minimum atomic E-state index is -1.28. The van der Waals surface area contributed by atoms with Crippen LogP contribution in [0, 0.1) is 5.92 Å². The predicted octanol–water partition coefficient (Wildman–Crippen LogP) is 3.03. The molecule has 0 saturated carbocycles. The molecular weight excluding hydrogens is 408 g/mol. The number of benzene rings is 1. The third-order valence-electron chi connectivity index (χ3n) is 5.41.